The maximum absolute atomic E-state index is 11.7. The third kappa shape index (κ3) is 2.17. The van der Waals surface area contributed by atoms with Gasteiger partial charge in [0.05, 0.1) is 11.9 Å². The van der Waals surface area contributed by atoms with Crippen molar-refractivity contribution in [1.29, 1.82) is 0 Å². The number of amides is 1. The predicted octanol–water partition coefficient (Wildman–Crippen LogP) is 0.361. The molecule has 2 heterocycles. The van der Waals surface area contributed by atoms with Gasteiger partial charge in [0.1, 0.15) is 5.69 Å². The highest BCUT2D eigenvalue weighted by molar-refractivity contribution is 6.02. The van der Waals surface area contributed by atoms with E-state index >= 15 is 0 Å². The Hall–Kier alpha value is -2.37. The molecule has 6 nitrogen and oxygen atoms in total. The van der Waals surface area contributed by atoms with Crippen molar-refractivity contribution in [2.75, 3.05) is 5.32 Å². The van der Waals surface area contributed by atoms with Crippen LogP contribution in [0, 0.1) is 0 Å². The minimum absolute atomic E-state index is 0.219. The van der Waals surface area contributed by atoms with Gasteiger partial charge in [-0.05, 0) is 6.07 Å². The number of pyridine rings is 1. The van der Waals surface area contributed by atoms with E-state index in [0.29, 0.717) is 5.69 Å². The molecule has 2 N–H and O–H groups in total. The van der Waals surface area contributed by atoms with Crippen molar-refractivity contribution in [1.82, 2.24) is 14.8 Å². The Kier molecular flexibility index (Phi) is 2.55. The van der Waals surface area contributed by atoms with Gasteiger partial charge in [-0.3, -0.25) is 14.3 Å². The van der Waals surface area contributed by atoms with Crippen LogP contribution in [0.25, 0.3) is 0 Å². The number of hydrogen-bond donors (Lipinski definition) is 2. The van der Waals surface area contributed by atoms with E-state index in [1.807, 2.05) is 0 Å². The number of nitrogens with zero attached hydrogens (tertiary/aromatic N) is 2. The summed E-state index contributed by atoms with van der Waals surface area (Å²) in [5.41, 5.74) is 0.493. The van der Waals surface area contributed by atoms with Crippen LogP contribution in [0.15, 0.2) is 35.4 Å². The summed E-state index contributed by atoms with van der Waals surface area (Å²) in [4.78, 5) is 25.1. The first-order chi connectivity index (χ1) is 7.65. The van der Waals surface area contributed by atoms with E-state index in [9.17, 15) is 9.59 Å². The minimum Gasteiger partial charge on any atom is -0.318 e. The number of rotatable bonds is 2. The number of aryl methyl sites for hydroxylation is 1. The van der Waals surface area contributed by atoms with Gasteiger partial charge < -0.3 is 10.3 Å². The fraction of sp³-hybridized carbons (Fsp3) is 0.100. The van der Waals surface area contributed by atoms with Crippen LogP contribution >= 0.6 is 0 Å². The quantitative estimate of drug-likeness (QED) is 0.763. The molecule has 2 rings (SSSR count). The van der Waals surface area contributed by atoms with Crippen LogP contribution in [0.5, 0.6) is 0 Å². The summed E-state index contributed by atoms with van der Waals surface area (Å²) in [6, 6.07) is 4.41. The van der Waals surface area contributed by atoms with Crippen LogP contribution in [-0.4, -0.2) is 20.7 Å². The fourth-order valence-electron chi connectivity index (χ4n) is 1.26. The van der Waals surface area contributed by atoms with E-state index in [1.165, 1.54) is 24.4 Å². The van der Waals surface area contributed by atoms with Crippen molar-refractivity contribution in [2.24, 2.45) is 7.05 Å². The molecule has 0 aromatic carbocycles. The Morgan fingerprint density at radius 1 is 1.50 bits per heavy atom. The first-order valence-electron chi connectivity index (χ1n) is 4.64. The van der Waals surface area contributed by atoms with Crippen LogP contribution in [0.1, 0.15) is 10.5 Å². The smallest absolute Gasteiger partial charge is 0.272 e. The normalized spacial score (nSPS) is 10.1. The molecular weight excluding hydrogens is 208 g/mol. The molecule has 0 saturated heterocycles. The van der Waals surface area contributed by atoms with Gasteiger partial charge in [0, 0.05) is 19.3 Å². The zero-order chi connectivity index (χ0) is 11.5. The number of carbonyl (C=O) groups is 1. The summed E-state index contributed by atoms with van der Waals surface area (Å²) in [7, 11) is 1.75. The van der Waals surface area contributed by atoms with Crippen LogP contribution in [-0.2, 0) is 7.05 Å². The van der Waals surface area contributed by atoms with E-state index in [-0.39, 0.29) is 17.2 Å². The van der Waals surface area contributed by atoms with Crippen LogP contribution in [0.3, 0.4) is 0 Å². The van der Waals surface area contributed by atoms with E-state index in [0.717, 1.165) is 0 Å². The van der Waals surface area contributed by atoms with Crippen molar-refractivity contribution < 1.29 is 4.79 Å². The highest BCUT2D eigenvalue weighted by atomic mass is 16.2. The second-order valence-corrected chi connectivity index (χ2v) is 3.29. The molecule has 16 heavy (non-hydrogen) atoms. The zero-order valence-electron chi connectivity index (χ0n) is 8.60. The number of aromatic amines is 1. The van der Waals surface area contributed by atoms with Gasteiger partial charge >= 0.3 is 0 Å². The molecule has 0 radical (unpaired) electrons. The first-order valence-corrected chi connectivity index (χ1v) is 4.64. The molecule has 2 aromatic heterocycles. The predicted molar refractivity (Wildman–Crippen MR) is 58.2 cm³/mol. The maximum atomic E-state index is 11.7. The highest BCUT2D eigenvalue weighted by Gasteiger charge is 2.07. The molecule has 0 spiro atoms. The number of aromatic nitrogens is 3. The Morgan fingerprint density at radius 2 is 2.31 bits per heavy atom. The zero-order valence-corrected chi connectivity index (χ0v) is 8.60. The summed E-state index contributed by atoms with van der Waals surface area (Å²) in [6.45, 7) is 0. The average molecular weight is 218 g/mol. The van der Waals surface area contributed by atoms with Gasteiger partial charge in [0.25, 0.3) is 5.91 Å². The molecule has 0 atom stereocenters. The third-order valence-electron chi connectivity index (χ3n) is 1.98. The lowest BCUT2D eigenvalue weighted by atomic mass is 10.3. The SMILES string of the molecule is Cn1cc(NC(=O)c2cccc(=O)[nH]2)cn1. The number of hydrogen-bond acceptors (Lipinski definition) is 3. The van der Waals surface area contributed by atoms with Crippen molar-refractivity contribution in [2.45, 2.75) is 0 Å². The lowest BCUT2D eigenvalue weighted by Crippen LogP contribution is -2.17. The summed E-state index contributed by atoms with van der Waals surface area (Å²) < 4.78 is 1.57. The molecule has 0 saturated carbocycles. The summed E-state index contributed by atoms with van der Waals surface area (Å²) >= 11 is 0. The second-order valence-electron chi connectivity index (χ2n) is 3.29. The number of H-pyrrole nitrogens is 1. The number of carbonyl (C=O) groups excluding carboxylic acids is 1. The molecule has 0 aliphatic carbocycles. The van der Waals surface area contributed by atoms with Gasteiger partial charge in [-0.2, -0.15) is 5.10 Å². The van der Waals surface area contributed by atoms with E-state index in [1.54, 1.807) is 17.9 Å². The second kappa shape index (κ2) is 4.01. The fourth-order valence-corrected chi connectivity index (χ4v) is 1.26. The van der Waals surface area contributed by atoms with Crippen molar-refractivity contribution >= 4 is 11.6 Å². The van der Waals surface area contributed by atoms with Crippen molar-refractivity contribution in [3.63, 3.8) is 0 Å². The van der Waals surface area contributed by atoms with Gasteiger partial charge in [-0.15, -0.1) is 0 Å². The Labute approximate surface area is 90.9 Å². The summed E-state index contributed by atoms with van der Waals surface area (Å²) in [5.74, 6) is -0.370. The first kappa shape index (κ1) is 10.2. The number of anilines is 1. The molecular formula is C10H10N4O2. The van der Waals surface area contributed by atoms with Gasteiger partial charge in [-0.25, -0.2) is 0 Å². The summed E-state index contributed by atoms with van der Waals surface area (Å²) in [6.07, 6.45) is 3.19. The molecule has 1 amide bonds. The number of nitrogens with one attached hydrogen (secondary N) is 2. The maximum Gasteiger partial charge on any atom is 0.272 e. The van der Waals surface area contributed by atoms with Gasteiger partial charge in [-0.1, -0.05) is 6.07 Å². The van der Waals surface area contributed by atoms with E-state index in [2.05, 4.69) is 15.4 Å². The lowest BCUT2D eigenvalue weighted by molar-refractivity contribution is 0.102. The van der Waals surface area contributed by atoms with Crippen molar-refractivity contribution in [3.05, 3.63) is 46.6 Å². The Bertz CT molecular complexity index is 570. The van der Waals surface area contributed by atoms with Gasteiger partial charge in [0.2, 0.25) is 5.56 Å². The molecule has 2 aromatic rings. The van der Waals surface area contributed by atoms with Crippen LogP contribution < -0.4 is 10.9 Å². The van der Waals surface area contributed by atoms with E-state index in [4.69, 9.17) is 0 Å². The molecule has 0 unspecified atom stereocenters. The largest absolute Gasteiger partial charge is 0.318 e. The van der Waals surface area contributed by atoms with Gasteiger partial charge in [0.15, 0.2) is 0 Å². The molecule has 82 valence electrons. The standard InChI is InChI=1S/C10H10N4O2/c1-14-6-7(5-11-14)12-10(16)8-3-2-4-9(15)13-8/h2-6H,1H3,(H,12,16)(H,13,15). The molecule has 0 aliphatic rings. The lowest BCUT2D eigenvalue weighted by Gasteiger charge is -2.00. The minimum atomic E-state index is -0.370. The highest BCUT2D eigenvalue weighted by Crippen LogP contribution is 2.05. The molecule has 6 heteroatoms. The monoisotopic (exact) mass is 218 g/mol. The Morgan fingerprint density at radius 3 is 2.94 bits per heavy atom. The molecule has 0 aliphatic heterocycles. The summed E-state index contributed by atoms with van der Waals surface area (Å²) in [5, 5.41) is 6.52. The Balaban J connectivity index is 2.17. The van der Waals surface area contributed by atoms with E-state index < -0.39 is 0 Å². The van der Waals surface area contributed by atoms with Crippen LogP contribution in [0.2, 0.25) is 0 Å². The van der Waals surface area contributed by atoms with Crippen molar-refractivity contribution in [3.8, 4) is 0 Å². The topological polar surface area (TPSA) is 79.8 Å². The molecule has 0 bridgehead atoms. The molecule has 0 fully saturated rings. The van der Waals surface area contributed by atoms with Crippen LogP contribution in [0.4, 0.5) is 5.69 Å². The third-order valence-corrected chi connectivity index (χ3v) is 1.98. The average Bonchev–Trinajstić information content (AvgIpc) is 2.64.